The highest BCUT2D eigenvalue weighted by atomic mass is 16.5. The maximum absolute atomic E-state index is 12.1. The van der Waals surface area contributed by atoms with Gasteiger partial charge in [0.15, 0.2) is 5.69 Å². The molecule has 0 saturated heterocycles. The van der Waals surface area contributed by atoms with E-state index in [0.29, 0.717) is 5.65 Å². The lowest BCUT2D eigenvalue weighted by molar-refractivity contribution is -0.579. The van der Waals surface area contributed by atoms with E-state index in [-0.39, 0.29) is 0 Å². The van der Waals surface area contributed by atoms with Crippen LogP contribution in [0.4, 0.5) is 0 Å². The molecule has 0 atom stereocenters. The summed E-state index contributed by atoms with van der Waals surface area (Å²) in [6, 6.07) is 25.8. The molecular weight excluding hydrogens is 284 g/mol. The fourth-order valence-corrected chi connectivity index (χ4v) is 2.77. The first-order valence-corrected chi connectivity index (χ1v) is 7.47. The summed E-state index contributed by atoms with van der Waals surface area (Å²) in [5.41, 5.74) is 4.36. The summed E-state index contributed by atoms with van der Waals surface area (Å²) in [6.45, 7) is 0. The van der Waals surface area contributed by atoms with Gasteiger partial charge in [-0.25, -0.2) is 4.73 Å². The minimum absolute atomic E-state index is 0.436. The second-order valence-corrected chi connectivity index (χ2v) is 5.36. The maximum Gasteiger partial charge on any atom is 0.333 e. The van der Waals surface area contributed by atoms with E-state index in [1.807, 2.05) is 60.7 Å². The van der Waals surface area contributed by atoms with E-state index in [4.69, 9.17) is 0 Å². The Bertz CT molecular complexity index is 967. The lowest BCUT2D eigenvalue weighted by Gasteiger charge is -2.09. The van der Waals surface area contributed by atoms with Gasteiger partial charge in [0.2, 0.25) is 0 Å². The van der Waals surface area contributed by atoms with Gasteiger partial charge in [0, 0.05) is 11.1 Å². The van der Waals surface area contributed by atoms with Gasteiger partial charge in [0.1, 0.15) is 0 Å². The van der Waals surface area contributed by atoms with Gasteiger partial charge in [0.25, 0.3) is 0 Å². The third-order valence-corrected chi connectivity index (χ3v) is 3.87. The average molecular weight is 298 g/mol. The minimum Gasteiger partial charge on any atom is -0.710 e. The molecule has 0 amide bonds. The van der Waals surface area contributed by atoms with Gasteiger partial charge in [-0.15, -0.1) is 0 Å². The van der Waals surface area contributed by atoms with Crippen molar-refractivity contribution >= 4 is 11.0 Å². The van der Waals surface area contributed by atoms with Crippen LogP contribution in [0.3, 0.4) is 0 Å². The molecule has 0 unspecified atom stereocenters. The van der Waals surface area contributed by atoms with Crippen molar-refractivity contribution < 1.29 is 4.73 Å². The van der Waals surface area contributed by atoms with Crippen molar-refractivity contribution in [3.63, 3.8) is 0 Å². The highest BCUT2D eigenvalue weighted by molar-refractivity contribution is 5.89. The highest BCUT2D eigenvalue weighted by Gasteiger charge is 2.18. The Morgan fingerprint density at radius 3 is 2.09 bits per heavy atom. The number of benzene rings is 2. The molecule has 4 rings (SSSR count). The molecule has 0 radical (unpaired) electrons. The number of aromatic nitrogens is 2. The summed E-state index contributed by atoms with van der Waals surface area (Å²) >= 11 is 0. The molecule has 0 spiro atoms. The largest absolute Gasteiger partial charge is 0.710 e. The molecule has 0 bridgehead atoms. The van der Waals surface area contributed by atoms with Gasteiger partial charge in [-0.3, -0.25) is 0 Å². The molecule has 0 aliphatic carbocycles. The molecule has 2 heterocycles. The van der Waals surface area contributed by atoms with Crippen LogP contribution in [-0.2, 0) is 0 Å². The van der Waals surface area contributed by atoms with Gasteiger partial charge in [0.05, 0.1) is 11.6 Å². The summed E-state index contributed by atoms with van der Waals surface area (Å²) in [5.74, 6) is 0. The molecule has 0 N–H and O–H groups in total. The zero-order chi connectivity index (χ0) is 15.6. The van der Waals surface area contributed by atoms with E-state index >= 15 is 0 Å². The van der Waals surface area contributed by atoms with E-state index in [1.54, 1.807) is 6.07 Å². The molecule has 0 aliphatic rings. The van der Waals surface area contributed by atoms with Crippen molar-refractivity contribution in [2.75, 3.05) is 0 Å². The topological polar surface area (TPSA) is 39.8 Å². The van der Waals surface area contributed by atoms with Crippen molar-refractivity contribution in [2.24, 2.45) is 0 Å². The Morgan fingerprint density at radius 2 is 1.39 bits per heavy atom. The quantitative estimate of drug-likeness (QED) is 0.411. The molecule has 3 nitrogen and oxygen atoms in total. The van der Waals surface area contributed by atoms with Crippen molar-refractivity contribution in [1.29, 1.82) is 0 Å². The average Bonchev–Trinajstić information content (AvgIpc) is 2.63. The van der Waals surface area contributed by atoms with E-state index in [9.17, 15) is 5.21 Å². The van der Waals surface area contributed by atoms with Crippen LogP contribution in [-0.4, -0.2) is 4.98 Å². The Labute approximate surface area is 134 Å². The van der Waals surface area contributed by atoms with Gasteiger partial charge in [-0.05, 0) is 28.7 Å². The molecule has 0 fully saturated rings. The first-order chi connectivity index (χ1) is 11.3. The number of hydrogen-bond donors (Lipinski definition) is 0. The Balaban J connectivity index is 2.07. The van der Waals surface area contributed by atoms with Crippen LogP contribution in [0.25, 0.3) is 33.4 Å². The third-order valence-electron chi connectivity index (χ3n) is 3.87. The van der Waals surface area contributed by atoms with E-state index in [2.05, 4.69) is 17.1 Å². The van der Waals surface area contributed by atoms with Crippen molar-refractivity contribution in [2.45, 2.75) is 0 Å². The van der Waals surface area contributed by atoms with Crippen LogP contribution in [0.15, 0.2) is 85.1 Å². The molecule has 0 aliphatic heterocycles. The first kappa shape index (κ1) is 13.5. The first-order valence-electron chi connectivity index (χ1n) is 7.47. The van der Waals surface area contributed by atoms with Crippen LogP contribution in [0.2, 0.25) is 0 Å². The predicted molar refractivity (Wildman–Crippen MR) is 91.6 cm³/mol. The fourth-order valence-electron chi connectivity index (χ4n) is 2.77. The van der Waals surface area contributed by atoms with Gasteiger partial charge >= 0.3 is 5.65 Å². The summed E-state index contributed by atoms with van der Waals surface area (Å²) in [5, 5.41) is 12.9. The number of pyridine rings is 2. The van der Waals surface area contributed by atoms with Crippen LogP contribution < -0.4 is 4.73 Å². The minimum atomic E-state index is 0.436. The molecule has 3 heteroatoms. The zero-order valence-electron chi connectivity index (χ0n) is 12.4. The smallest absolute Gasteiger partial charge is 0.333 e. The lowest BCUT2D eigenvalue weighted by atomic mass is 9.98. The Morgan fingerprint density at radius 1 is 0.739 bits per heavy atom. The van der Waals surface area contributed by atoms with E-state index < -0.39 is 0 Å². The van der Waals surface area contributed by atoms with Crippen LogP contribution in [0.1, 0.15) is 0 Å². The van der Waals surface area contributed by atoms with Crippen molar-refractivity contribution in [3.05, 3.63) is 90.3 Å². The number of nitrogens with zero attached hydrogens (tertiary/aromatic N) is 2. The molecule has 4 aromatic rings. The Kier molecular flexibility index (Phi) is 3.24. The summed E-state index contributed by atoms with van der Waals surface area (Å²) in [7, 11) is 0. The second-order valence-electron chi connectivity index (χ2n) is 5.36. The SMILES string of the molecule is [O-][n+]1cccc2cc(-c3ccccc3)c(-c3ccccc3)nc21. The maximum atomic E-state index is 12.1. The van der Waals surface area contributed by atoms with Crippen molar-refractivity contribution in [3.8, 4) is 22.4 Å². The molecule has 110 valence electrons. The number of fused-ring (bicyclic) bond motifs is 1. The molecule has 0 saturated carbocycles. The van der Waals surface area contributed by atoms with Gasteiger partial charge in [-0.2, -0.15) is 0 Å². The van der Waals surface area contributed by atoms with E-state index in [0.717, 1.165) is 32.5 Å². The van der Waals surface area contributed by atoms with Crippen LogP contribution in [0, 0.1) is 5.21 Å². The van der Waals surface area contributed by atoms with Crippen molar-refractivity contribution in [1.82, 2.24) is 4.98 Å². The van der Waals surface area contributed by atoms with E-state index in [1.165, 1.54) is 6.20 Å². The fraction of sp³-hybridized carbons (Fsp3) is 0. The van der Waals surface area contributed by atoms with Gasteiger partial charge < -0.3 is 5.21 Å². The Hall–Kier alpha value is -3.20. The molecule has 23 heavy (non-hydrogen) atoms. The second kappa shape index (κ2) is 5.54. The summed E-state index contributed by atoms with van der Waals surface area (Å²) < 4.78 is 0.816. The zero-order valence-corrected chi connectivity index (χ0v) is 12.4. The monoisotopic (exact) mass is 298 g/mol. The molecular formula is C20H14N2O. The van der Waals surface area contributed by atoms with Crippen LogP contribution in [0.5, 0.6) is 0 Å². The normalized spacial score (nSPS) is 10.8. The summed E-state index contributed by atoms with van der Waals surface area (Å²) in [6.07, 6.45) is 1.48. The van der Waals surface area contributed by atoms with Gasteiger partial charge in [-0.1, -0.05) is 60.7 Å². The molecule has 2 aromatic heterocycles. The number of rotatable bonds is 2. The third kappa shape index (κ3) is 2.42. The summed E-state index contributed by atoms with van der Waals surface area (Å²) in [4.78, 5) is 4.67. The number of hydrogen-bond acceptors (Lipinski definition) is 2. The standard InChI is InChI=1S/C20H14N2O/c23-22-13-7-12-17-14-18(15-8-3-1-4-9-15)19(21-20(17)22)16-10-5-2-6-11-16/h1-14H. The predicted octanol–water partition coefficient (Wildman–Crippen LogP) is 4.20. The molecule has 2 aromatic carbocycles. The lowest BCUT2D eigenvalue weighted by Crippen LogP contribution is -2.27. The highest BCUT2D eigenvalue weighted by Crippen LogP contribution is 2.32. The van der Waals surface area contributed by atoms with Crippen LogP contribution >= 0.6 is 0 Å².